The van der Waals surface area contributed by atoms with E-state index in [1.165, 1.54) is 0 Å². The molecule has 100 valence electrons. The number of nitro benzene ring substituents is 1. The molecular formula is C14H17N3O2. The second-order valence-electron chi connectivity index (χ2n) is 4.88. The van der Waals surface area contributed by atoms with E-state index in [1.54, 1.807) is 12.1 Å². The van der Waals surface area contributed by atoms with Crippen LogP contribution in [0.25, 0.3) is 0 Å². The van der Waals surface area contributed by atoms with Crippen LogP contribution < -0.4 is 0 Å². The topological polar surface area (TPSA) is 70.2 Å². The highest BCUT2D eigenvalue weighted by Gasteiger charge is 2.19. The second-order valence-corrected chi connectivity index (χ2v) is 4.88. The Morgan fingerprint density at radius 2 is 2.05 bits per heavy atom. The van der Waals surface area contributed by atoms with Crippen molar-refractivity contribution in [3.05, 3.63) is 39.9 Å². The maximum atomic E-state index is 10.9. The Labute approximate surface area is 112 Å². The minimum atomic E-state index is -0.322. The number of hydrogen-bond acceptors (Lipinski definition) is 4. The van der Waals surface area contributed by atoms with Gasteiger partial charge < -0.3 is 4.90 Å². The molecule has 1 heterocycles. The van der Waals surface area contributed by atoms with Gasteiger partial charge in [0.05, 0.1) is 11.0 Å². The van der Waals surface area contributed by atoms with Crippen LogP contribution in [-0.4, -0.2) is 29.5 Å². The van der Waals surface area contributed by atoms with Gasteiger partial charge in [-0.15, -0.1) is 0 Å². The van der Waals surface area contributed by atoms with Crippen LogP contribution in [0.5, 0.6) is 0 Å². The van der Waals surface area contributed by atoms with Crippen molar-refractivity contribution in [2.45, 2.75) is 19.3 Å². The Balaban J connectivity index is 1.90. The first kappa shape index (κ1) is 13.5. The summed E-state index contributed by atoms with van der Waals surface area (Å²) in [5.41, 5.74) is 0.990. The van der Waals surface area contributed by atoms with Crippen molar-refractivity contribution in [3.8, 4) is 6.07 Å². The molecule has 0 amide bonds. The summed E-state index contributed by atoms with van der Waals surface area (Å²) < 4.78 is 0. The summed E-state index contributed by atoms with van der Waals surface area (Å²) in [5.74, 6) is 0.183. The number of rotatable bonds is 4. The molecule has 2 rings (SSSR count). The number of nitro groups is 1. The highest BCUT2D eigenvalue weighted by Crippen LogP contribution is 2.20. The minimum absolute atomic E-state index is 0.183. The molecule has 5 nitrogen and oxygen atoms in total. The van der Waals surface area contributed by atoms with Gasteiger partial charge in [0, 0.05) is 24.1 Å². The van der Waals surface area contributed by atoms with E-state index in [1.807, 2.05) is 12.1 Å². The first-order chi connectivity index (χ1) is 9.20. The molecule has 1 aliphatic rings. The first-order valence-electron chi connectivity index (χ1n) is 6.55. The van der Waals surface area contributed by atoms with Crippen molar-refractivity contribution in [3.63, 3.8) is 0 Å². The predicted molar refractivity (Wildman–Crippen MR) is 71.6 cm³/mol. The van der Waals surface area contributed by atoms with Crippen molar-refractivity contribution in [1.82, 2.24) is 4.90 Å². The summed E-state index contributed by atoms with van der Waals surface area (Å²) >= 11 is 0. The Morgan fingerprint density at radius 3 is 2.68 bits per heavy atom. The average molecular weight is 259 g/mol. The van der Waals surface area contributed by atoms with Crippen LogP contribution >= 0.6 is 0 Å². The molecule has 0 unspecified atom stereocenters. The number of nitriles is 1. The van der Waals surface area contributed by atoms with Crippen LogP contribution in [0.1, 0.15) is 18.4 Å². The van der Waals surface area contributed by atoms with Crippen molar-refractivity contribution < 1.29 is 4.92 Å². The van der Waals surface area contributed by atoms with E-state index >= 15 is 0 Å². The monoisotopic (exact) mass is 259 g/mol. The van der Waals surface area contributed by atoms with Gasteiger partial charge in [-0.05, 0) is 32.4 Å². The molecule has 19 heavy (non-hydrogen) atoms. The standard InChI is InChI=1S/C14H17N3O2/c15-11-12-5-8-16(9-6-12)10-7-13-3-1-2-4-14(13)17(18)19/h1-4,12H,5-10H2. The van der Waals surface area contributed by atoms with E-state index in [4.69, 9.17) is 5.26 Å². The second kappa shape index (κ2) is 6.30. The maximum Gasteiger partial charge on any atom is 0.272 e. The number of para-hydroxylation sites is 1. The Morgan fingerprint density at radius 1 is 1.37 bits per heavy atom. The Bertz CT molecular complexity index is 488. The fourth-order valence-corrected chi connectivity index (χ4v) is 2.46. The molecular weight excluding hydrogens is 242 g/mol. The molecule has 0 aromatic heterocycles. The van der Waals surface area contributed by atoms with Crippen molar-refractivity contribution >= 4 is 5.69 Å². The summed E-state index contributed by atoms with van der Waals surface area (Å²) in [7, 11) is 0. The number of nitrogens with zero attached hydrogens (tertiary/aromatic N) is 3. The van der Waals surface area contributed by atoms with Crippen LogP contribution in [0, 0.1) is 27.4 Å². The average Bonchev–Trinajstić information content (AvgIpc) is 2.46. The maximum absolute atomic E-state index is 10.9. The van der Waals surface area contributed by atoms with E-state index in [0.29, 0.717) is 6.42 Å². The van der Waals surface area contributed by atoms with Crippen LogP contribution in [-0.2, 0) is 6.42 Å². The number of likely N-dealkylation sites (tertiary alicyclic amines) is 1. The normalized spacial score (nSPS) is 17.0. The van der Waals surface area contributed by atoms with Gasteiger partial charge in [-0.1, -0.05) is 18.2 Å². The zero-order valence-electron chi connectivity index (χ0n) is 10.8. The lowest BCUT2D eigenvalue weighted by Crippen LogP contribution is -2.34. The third-order valence-electron chi connectivity index (χ3n) is 3.66. The number of benzene rings is 1. The van der Waals surface area contributed by atoms with Gasteiger partial charge in [0.25, 0.3) is 5.69 Å². The number of piperidine rings is 1. The summed E-state index contributed by atoms with van der Waals surface area (Å²) in [6, 6.07) is 9.21. The fraction of sp³-hybridized carbons (Fsp3) is 0.500. The van der Waals surface area contributed by atoms with Gasteiger partial charge in [-0.3, -0.25) is 10.1 Å². The summed E-state index contributed by atoms with van der Waals surface area (Å²) in [5, 5.41) is 19.7. The van der Waals surface area contributed by atoms with Crippen LogP contribution in [0.15, 0.2) is 24.3 Å². The molecule has 0 N–H and O–H groups in total. The van der Waals surface area contributed by atoms with E-state index in [9.17, 15) is 10.1 Å². The zero-order valence-corrected chi connectivity index (χ0v) is 10.8. The molecule has 1 aromatic rings. The molecule has 0 aliphatic carbocycles. The van der Waals surface area contributed by atoms with Crippen LogP contribution in [0.2, 0.25) is 0 Å². The number of hydrogen-bond donors (Lipinski definition) is 0. The summed E-state index contributed by atoms with van der Waals surface area (Å²) in [6.07, 6.45) is 2.51. The van der Waals surface area contributed by atoms with Crippen molar-refractivity contribution in [2.75, 3.05) is 19.6 Å². The minimum Gasteiger partial charge on any atom is -0.303 e. The highest BCUT2D eigenvalue weighted by atomic mass is 16.6. The van der Waals surface area contributed by atoms with Gasteiger partial charge in [0.2, 0.25) is 0 Å². The van der Waals surface area contributed by atoms with E-state index in [-0.39, 0.29) is 16.5 Å². The molecule has 0 spiro atoms. The predicted octanol–water partition coefficient (Wildman–Crippen LogP) is 2.37. The Hall–Kier alpha value is -1.93. The third kappa shape index (κ3) is 3.52. The van der Waals surface area contributed by atoms with Gasteiger partial charge in [0.1, 0.15) is 0 Å². The smallest absolute Gasteiger partial charge is 0.272 e. The molecule has 0 bridgehead atoms. The van der Waals surface area contributed by atoms with Crippen molar-refractivity contribution in [2.24, 2.45) is 5.92 Å². The first-order valence-corrected chi connectivity index (χ1v) is 6.55. The third-order valence-corrected chi connectivity index (χ3v) is 3.66. The highest BCUT2D eigenvalue weighted by molar-refractivity contribution is 5.39. The largest absolute Gasteiger partial charge is 0.303 e. The van der Waals surface area contributed by atoms with Gasteiger partial charge in [-0.2, -0.15) is 5.26 Å². The Kier molecular flexibility index (Phi) is 4.48. The molecule has 1 fully saturated rings. The molecule has 5 heteroatoms. The zero-order chi connectivity index (χ0) is 13.7. The van der Waals surface area contributed by atoms with Gasteiger partial charge in [-0.25, -0.2) is 0 Å². The van der Waals surface area contributed by atoms with Crippen LogP contribution in [0.3, 0.4) is 0 Å². The molecule has 1 aliphatic heterocycles. The lowest BCUT2D eigenvalue weighted by molar-refractivity contribution is -0.385. The lowest BCUT2D eigenvalue weighted by atomic mass is 9.98. The molecule has 1 saturated heterocycles. The van der Waals surface area contributed by atoms with Crippen molar-refractivity contribution in [1.29, 1.82) is 5.26 Å². The quantitative estimate of drug-likeness (QED) is 0.614. The molecule has 0 saturated carbocycles. The summed E-state index contributed by atoms with van der Waals surface area (Å²) in [6.45, 7) is 2.65. The molecule has 0 atom stereocenters. The van der Waals surface area contributed by atoms with Gasteiger partial charge in [0.15, 0.2) is 0 Å². The van der Waals surface area contributed by atoms with Crippen LogP contribution in [0.4, 0.5) is 5.69 Å². The van der Waals surface area contributed by atoms with E-state index < -0.39 is 0 Å². The van der Waals surface area contributed by atoms with Gasteiger partial charge >= 0.3 is 0 Å². The SMILES string of the molecule is N#CC1CCN(CCc2ccccc2[N+](=O)[O-])CC1. The molecule has 1 aromatic carbocycles. The summed E-state index contributed by atoms with van der Waals surface area (Å²) in [4.78, 5) is 12.9. The van der Waals surface area contributed by atoms with E-state index in [2.05, 4.69) is 11.0 Å². The fourth-order valence-electron chi connectivity index (χ4n) is 2.46. The van der Waals surface area contributed by atoms with E-state index in [0.717, 1.165) is 38.0 Å². The lowest BCUT2D eigenvalue weighted by Gasteiger charge is -2.28. The molecule has 0 radical (unpaired) electrons.